The van der Waals surface area contributed by atoms with Gasteiger partial charge in [0.2, 0.25) is 0 Å². The highest BCUT2D eigenvalue weighted by atomic mass is 16.5. The number of rotatable bonds is 3. The standard InChI is InChI=1S/C12H17NO2/c14-7-5-10-1-3-11(4-2-10)12-9-13-6-8-15-12/h1-4,12-14H,5-9H2. The first-order valence-corrected chi connectivity index (χ1v) is 5.42. The average molecular weight is 207 g/mol. The van der Waals surface area contributed by atoms with Gasteiger partial charge in [0.25, 0.3) is 0 Å². The van der Waals surface area contributed by atoms with Crippen molar-refractivity contribution in [3.05, 3.63) is 35.4 Å². The van der Waals surface area contributed by atoms with Crippen LogP contribution in [-0.4, -0.2) is 31.4 Å². The van der Waals surface area contributed by atoms with Crippen molar-refractivity contribution in [1.29, 1.82) is 0 Å². The molecule has 2 N–H and O–H groups in total. The van der Waals surface area contributed by atoms with E-state index in [-0.39, 0.29) is 12.7 Å². The maximum atomic E-state index is 8.80. The number of aliphatic hydroxyl groups excluding tert-OH is 1. The van der Waals surface area contributed by atoms with E-state index in [2.05, 4.69) is 29.6 Å². The first-order valence-electron chi connectivity index (χ1n) is 5.42. The van der Waals surface area contributed by atoms with Gasteiger partial charge in [-0.05, 0) is 17.5 Å². The van der Waals surface area contributed by atoms with E-state index < -0.39 is 0 Å². The highest BCUT2D eigenvalue weighted by Gasteiger charge is 2.14. The number of morpholine rings is 1. The lowest BCUT2D eigenvalue weighted by molar-refractivity contribution is 0.0277. The van der Waals surface area contributed by atoms with Gasteiger partial charge >= 0.3 is 0 Å². The Morgan fingerprint density at radius 3 is 2.73 bits per heavy atom. The Labute approximate surface area is 90.1 Å². The predicted octanol–water partition coefficient (Wildman–Crippen LogP) is 0.882. The molecule has 0 bridgehead atoms. The fourth-order valence-electron chi connectivity index (χ4n) is 1.81. The number of nitrogens with one attached hydrogen (secondary N) is 1. The van der Waals surface area contributed by atoms with Crippen molar-refractivity contribution in [3.63, 3.8) is 0 Å². The molecule has 0 amide bonds. The highest BCUT2D eigenvalue weighted by Crippen LogP contribution is 2.19. The van der Waals surface area contributed by atoms with Crippen LogP contribution in [0.2, 0.25) is 0 Å². The van der Waals surface area contributed by atoms with Crippen molar-refractivity contribution in [2.45, 2.75) is 12.5 Å². The number of aliphatic hydroxyl groups is 1. The van der Waals surface area contributed by atoms with Crippen LogP contribution in [0.25, 0.3) is 0 Å². The van der Waals surface area contributed by atoms with Gasteiger partial charge in [-0.3, -0.25) is 0 Å². The van der Waals surface area contributed by atoms with Crippen LogP contribution in [0.4, 0.5) is 0 Å². The van der Waals surface area contributed by atoms with Crippen molar-refractivity contribution in [3.8, 4) is 0 Å². The maximum absolute atomic E-state index is 8.80. The van der Waals surface area contributed by atoms with Crippen molar-refractivity contribution < 1.29 is 9.84 Å². The Kier molecular flexibility index (Phi) is 3.72. The normalized spacial score (nSPS) is 21.5. The molecular weight excluding hydrogens is 190 g/mol. The Morgan fingerprint density at radius 1 is 1.33 bits per heavy atom. The van der Waals surface area contributed by atoms with Gasteiger partial charge in [0.15, 0.2) is 0 Å². The minimum Gasteiger partial charge on any atom is -0.396 e. The Hall–Kier alpha value is -0.900. The largest absolute Gasteiger partial charge is 0.396 e. The molecule has 0 spiro atoms. The van der Waals surface area contributed by atoms with Gasteiger partial charge in [-0.25, -0.2) is 0 Å². The van der Waals surface area contributed by atoms with Crippen LogP contribution < -0.4 is 5.32 Å². The van der Waals surface area contributed by atoms with Gasteiger partial charge in [0.1, 0.15) is 0 Å². The van der Waals surface area contributed by atoms with Crippen LogP contribution in [-0.2, 0) is 11.2 Å². The number of ether oxygens (including phenoxy) is 1. The second-order valence-electron chi connectivity index (χ2n) is 3.78. The second kappa shape index (κ2) is 5.26. The lowest BCUT2D eigenvalue weighted by atomic mass is 10.0. The summed E-state index contributed by atoms with van der Waals surface area (Å²) in [5, 5.41) is 12.1. The minimum absolute atomic E-state index is 0.182. The van der Waals surface area contributed by atoms with E-state index in [1.165, 1.54) is 11.1 Å². The van der Waals surface area contributed by atoms with Gasteiger partial charge < -0.3 is 15.2 Å². The third-order valence-corrected chi connectivity index (χ3v) is 2.68. The van der Waals surface area contributed by atoms with E-state index in [1.807, 2.05) is 0 Å². The smallest absolute Gasteiger partial charge is 0.0949 e. The monoisotopic (exact) mass is 207 g/mol. The third-order valence-electron chi connectivity index (χ3n) is 2.68. The second-order valence-corrected chi connectivity index (χ2v) is 3.78. The molecule has 3 nitrogen and oxygen atoms in total. The van der Waals surface area contributed by atoms with E-state index in [0.717, 1.165) is 26.1 Å². The minimum atomic E-state index is 0.182. The Bertz CT molecular complexity index is 291. The molecule has 3 heteroatoms. The Balaban J connectivity index is 2.02. The van der Waals surface area contributed by atoms with Gasteiger partial charge in [-0.2, -0.15) is 0 Å². The van der Waals surface area contributed by atoms with Crippen molar-refractivity contribution in [1.82, 2.24) is 5.32 Å². The van der Waals surface area contributed by atoms with Gasteiger partial charge in [-0.15, -0.1) is 0 Å². The molecule has 0 aromatic heterocycles. The average Bonchev–Trinajstić information content (AvgIpc) is 2.32. The maximum Gasteiger partial charge on any atom is 0.0949 e. The zero-order valence-electron chi connectivity index (χ0n) is 8.78. The van der Waals surface area contributed by atoms with E-state index in [9.17, 15) is 0 Å². The first kappa shape index (κ1) is 10.6. The molecule has 1 unspecified atom stereocenters. The first-order chi connectivity index (χ1) is 7.40. The van der Waals surface area contributed by atoms with E-state index in [1.54, 1.807) is 0 Å². The van der Waals surface area contributed by atoms with Crippen molar-refractivity contribution in [2.24, 2.45) is 0 Å². The summed E-state index contributed by atoms with van der Waals surface area (Å²) < 4.78 is 5.65. The molecule has 0 radical (unpaired) electrons. The number of hydrogen-bond acceptors (Lipinski definition) is 3. The summed E-state index contributed by atoms with van der Waals surface area (Å²) >= 11 is 0. The molecule has 1 fully saturated rings. The molecule has 0 saturated carbocycles. The van der Waals surface area contributed by atoms with Crippen LogP contribution in [0.3, 0.4) is 0 Å². The van der Waals surface area contributed by atoms with Crippen LogP contribution in [0.15, 0.2) is 24.3 Å². The molecule has 15 heavy (non-hydrogen) atoms. The van der Waals surface area contributed by atoms with E-state index >= 15 is 0 Å². The third kappa shape index (κ3) is 2.78. The van der Waals surface area contributed by atoms with Gasteiger partial charge in [-0.1, -0.05) is 24.3 Å². The molecule has 1 aliphatic rings. The summed E-state index contributed by atoms with van der Waals surface area (Å²) in [5.74, 6) is 0. The Morgan fingerprint density at radius 2 is 2.13 bits per heavy atom. The molecule has 2 rings (SSSR count). The molecule has 1 saturated heterocycles. The number of benzene rings is 1. The SMILES string of the molecule is OCCc1ccc(C2CNCCO2)cc1. The van der Waals surface area contributed by atoms with Crippen molar-refractivity contribution >= 4 is 0 Å². The highest BCUT2D eigenvalue weighted by molar-refractivity contribution is 5.24. The summed E-state index contributed by atoms with van der Waals surface area (Å²) in [7, 11) is 0. The van der Waals surface area contributed by atoms with Gasteiger partial charge in [0.05, 0.1) is 12.7 Å². The molecule has 82 valence electrons. The summed E-state index contributed by atoms with van der Waals surface area (Å²) in [6, 6.07) is 8.29. The molecule has 0 aliphatic carbocycles. The summed E-state index contributed by atoms with van der Waals surface area (Å²) in [4.78, 5) is 0. The summed E-state index contributed by atoms with van der Waals surface area (Å²) in [5.41, 5.74) is 2.38. The number of hydrogen-bond donors (Lipinski definition) is 2. The fraction of sp³-hybridized carbons (Fsp3) is 0.500. The van der Waals surface area contributed by atoms with Gasteiger partial charge in [0, 0.05) is 19.7 Å². The quantitative estimate of drug-likeness (QED) is 0.773. The molecule has 1 aliphatic heterocycles. The van der Waals surface area contributed by atoms with Crippen LogP contribution in [0.5, 0.6) is 0 Å². The van der Waals surface area contributed by atoms with Crippen molar-refractivity contribution in [2.75, 3.05) is 26.3 Å². The molecule has 1 atom stereocenters. The van der Waals surface area contributed by atoms with Crippen LogP contribution >= 0.6 is 0 Å². The zero-order chi connectivity index (χ0) is 10.5. The van der Waals surface area contributed by atoms with Crippen LogP contribution in [0, 0.1) is 0 Å². The lowest BCUT2D eigenvalue weighted by Gasteiger charge is -2.24. The topological polar surface area (TPSA) is 41.5 Å². The molecule has 1 aromatic rings. The zero-order valence-corrected chi connectivity index (χ0v) is 8.78. The molecule has 1 aromatic carbocycles. The summed E-state index contributed by atoms with van der Waals surface area (Å²) in [6.07, 6.45) is 0.909. The predicted molar refractivity (Wildman–Crippen MR) is 58.8 cm³/mol. The molecule has 1 heterocycles. The van der Waals surface area contributed by atoms with E-state index in [0.29, 0.717) is 0 Å². The van der Waals surface area contributed by atoms with Crippen LogP contribution in [0.1, 0.15) is 17.2 Å². The lowest BCUT2D eigenvalue weighted by Crippen LogP contribution is -2.33. The van der Waals surface area contributed by atoms with E-state index in [4.69, 9.17) is 9.84 Å². The summed E-state index contributed by atoms with van der Waals surface area (Å²) in [6.45, 7) is 2.82. The fourth-order valence-corrected chi connectivity index (χ4v) is 1.81. The molecular formula is C12H17NO2.